The second-order valence-electron chi connectivity index (χ2n) is 5.39. The molecule has 0 saturated carbocycles. The number of thiophene rings is 1. The van der Waals surface area contributed by atoms with Gasteiger partial charge in [-0.3, -0.25) is 4.79 Å². The molecule has 2 aromatic carbocycles. The Hall–Kier alpha value is -2.99. The summed E-state index contributed by atoms with van der Waals surface area (Å²) in [6.45, 7) is 0. The molecule has 26 heavy (non-hydrogen) atoms. The molecule has 5 nitrogen and oxygen atoms in total. The van der Waals surface area contributed by atoms with Crippen molar-refractivity contribution >= 4 is 22.9 Å². The largest absolute Gasteiger partial charge is 0.493 e. The number of hydrogen-bond donors (Lipinski definition) is 1. The van der Waals surface area contributed by atoms with Gasteiger partial charge in [0.1, 0.15) is 0 Å². The van der Waals surface area contributed by atoms with Crippen LogP contribution in [0.5, 0.6) is 17.2 Å². The van der Waals surface area contributed by atoms with E-state index in [1.807, 2.05) is 41.8 Å². The minimum Gasteiger partial charge on any atom is -0.493 e. The van der Waals surface area contributed by atoms with Crippen LogP contribution in [0.25, 0.3) is 10.4 Å². The van der Waals surface area contributed by atoms with E-state index in [0.29, 0.717) is 22.8 Å². The summed E-state index contributed by atoms with van der Waals surface area (Å²) in [7, 11) is 4.56. The van der Waals surface area contributed by atoms with Gasteiger partial charge in [-0.1, -0.05) is 24.3 Å². The summed E-state index contributed by atoms with van der Waals surface area (Å²) in [6.07, 6.45) is 0. The number of methoxy groups -OCH3 is 3. The molecule has 1 heterocycles. The van der Waals surface area contributed by atoms with Crippen LogP contribution in [0.4, 0.5) is 5.69 Å². The number of rotatable bonds is 6. The maximum atomic E-state index is 12.8. The van der Waals surface area contributed by atoms with Gasteiger partial charge in [0, 0.05) is 21.7 Å². The number of amides is 1. The molecule has 0 atom stereocenters. The number of benzene rings is 2. The van der Waals surface area contributed by atoms with Crippen molar-refractivity contribution < 1.29 is 19.0 Å². The van der Waals surface area contributed by atoms with Gasteiger partial charge in [-0.05, 0) is 29.6 Å². The van der Waals surface area contributed by atoms with Crippen LogP contribution >= 0.6 is 11.3 Å². The molecule has 0 aliphatic carbocycles. The maximum Gasteiger partial charge on any atom is 0.255 e. The molecule has 1 aromatic heterocycles. The van der Waals surface area contributed by atoms with E-state index >= 15 is 0 Å². The standard InChI is InChI=1S/C20H19NO4S/c1-23-16-11-13(12-17(24-2)19(16)25-3)20(22)21-15-8-5-4-7-14(15)18-9-6-10-26-18/h4-12H,1-3H3,(H,21,22). The fourth-order valence-electron chi connectivity index (χ4n) is 2.65. The Balaban J connectivity index is 1.95. The van der Waals surface area contributed by atoms with Crippen molar-refractivity contribution in [1.82, 2.24) is 0 Å². The van der Waals surface area contributed by atoms with E-state index in [2.05, 4.69) is 5.32 Å². The molecule has 0 spiro atoms. The van der Waals surface area contributed by atoms with Crippen molar-refractivity contribution in [1.29, 1.82) is 0 Å². The average Bonchev–Trinajstić information content (AvgIpc) is 3.21. The first kappa shape index (κ1) is 17.8. The molecule has 0 bridgehead atoms. The topological polar surface area (TPSA) is 56.8 Å². The summed E-state index contributed by atoms with van der Waals surface area (Å²) in [5.74, 6) is 1.06. The lowest BCUT2D eigenvalue weighted by Crippen LogP contribution is -2.13. The molecule has 0 radical (unpaired) electrons. The van der Waals surface area contributed by atoms with Gasteiger partial charge in [-0.2, -0.15) is 0 Å². The quantitative estimate of drug-likeness (QED) is 0.685. The molecule has 134 valence electrons. The van der Waals surface area contributed by atoms with E-state index in [1.54, 1.807) is 23.5 Å². The monoisotopic (exact) mass is 369 g/mol. The van der Waals surface area contributed by atoms with Gasteiger partial charge in [0.25, 0.3) is 5.91 Å². The Morgan fingerprint density at radius 3 is 2.19 bits per heavy atom. The molecule has 6 heteroatoms. The molecule has 3 rings (SSSR count). The SMILES string of the molecule is COc1cc(C(=O)Nc2ccccc2-c2cccs2)cc(OC)c1OC. The van der Waals surface area contributed by atoms with Gasteiger partial charge < -0.3 is 19.5 Å². The smallest absolute Gasteiger partial charge is 0.255 e. The Labute approximate surface area is 156 Å². The van der Waals surface area contributed by atoms with Crippen molar-refractivity contribution in [2.75, 3.05) is 26.6 Å². The molecule has 0 aliphatic heterocycles. The van der Waals surface area contributed by atoms with Crippen molar-refractivity contribution in [3.8, 4) is 27.7 Å². The van der Waals surface area contributed by atoms with Crippen molar-refractivity contribution in [2.24, 2.45) is 0 Å². The third-order valence-electron chi connectivity index (χ3n) is 3.89. The van der Waals surface area contributed by atoms with E-state index < -0.39 is 0 Å². The number of hydrogen-bond acceptors (Lipinski definition) is 5. The van der Waals surface area contributed by atoms with Gasteiger partial charge in [0.2, 0.25) is 5.75 Å². The van der Waals surface area contributed by atoms with E-state index in [4.69, 9.17) is 14.2 Å². The molecule has 3 aromatic rings. The predicted octanol–water partition coefficient (Wildman–Crippen LogP) is 4.69. The molecule has 0 aliphatic rings. The number of carbonyl (C=O) groups is 1. The highest BCUT2D eigenvalue weighted by Gasteiger charge is 2.18. The Morgan fingerprint density at radius 2 is 1.62 bits per heavy atom. The van der Waals surface area contributed by atoms with E-state index in [1.165, 1.54) is 21.3 Å². The van der Waals surface area contributed by atoms with E-state index in [0.717, 1.165) is 16.1 Å². The molecule has 0 unspecified atom stereocenters. The van der Waals surface area contributed by atoms with Crippen molar-refractivity contribution in [3.63, 3.8) is 0 Å². The van der Waals surface area contributed by atoms with Gasteiger partial charge in [-0.15, -0.1) is 11.3 Å². The minimum atomic E-state index is -0.256. The highest BCUT2D eigenvalue weighted by molar-refractivity contribution is 7.13. The summed E-state index contributed by atoms with van der Waals surface area (Å²) in [6, 6.07) is 15.0. The van der Waals surface area contributed by atoms with Crippen LogP contribution in [0.1, 0.15) is 10.4 Å². The van der Waals surface area contributed by atoms with Crippen LogP contribution in [0.2, 0.25) is 0 Å². The third-order valence-corrected chi connectivity index (χ3v) is 4.79. The lowest BCUT2D eigenvalue weighted by molar-refractivity contribution is 0.102. The normalized spacial score (nSPS) is 10.3. The number of anilines is 1. The highest BCUT2D eigenvalue weighted by atomic mass is 32.1. The fraction of sp³-hybridized carbons (Fsp3) is 0.150. The average molecular weight is 369 g/mol. The van der Waals surface area contributed by atoms with Crippen LogP contribution in [0.15, 0.2) is 53.9 Å². The van der Waals surface area contributed by atoms with Crippen LogP contribution in [0.3, 0.4) is 0 Å². The van der Waals surface area contributed by atoms with Crippen LogP contribution in [-0.2, 0) is 0 Å². The van der Waals surface area contributed by atoms with Gasteiger partial charge in [0.15, 0.2) is 11.5 Å². The first-order valence-electron chi connectivity index (χ1n) is 7.92. The van der Waals surface area contributed by atoms with Crippen LogP contribution in [0, 0.1) is 0 Å². The first-order chi connectivity index (χ1) is 12.7. The predicted molar refractivity (Wildman–Crippen MR) is 104 cm³/mol. The van der Waals surface area contributed by atoms with Gasteiger partial charge in [0.05, 0.1) is 21.3 Å². The number of nitrogens with one attached hydrogen (secondary N) is 1. The molecule has 1 N–H and O–H groups in total. The van der Waals surface area contributed by atoms with Crippen molar-refractivity contribution in [3.05, 3.63) is 59.5 Å². The van der Waals surface area contributed by atoms with Gasteiger partial charge in [-0.25, -0.2) is 0 Å². The maximum absolute atomic E-state index is 12.8. The van der Waals surface area contributed by atoms with Crippen LogP contribution < -0.4 is 19.5 Å². The molecular formula is C20H19NO4S. The lowest BCUT2D eigenvalue weighted by Gasteiger charge is -2.15. The summed E-state index contributed by atoms with van der Waals surface area (Å²) in [5, 5.41) is 4.98. The number of para-hydroxylation sites is 1. The molecule has 0 saturated heterocycles. The first-order valence-corrected chi connectivity index (χ1v) is 8.80. The van der Waals surface area contributed by atoms with Crippen LogP contribution in [-0.4, -0.2) is 27.2 Å². The zero-order valence-electron chi connectivity index (χ0n) is 14.7. The van der Waals surface area contributed by atoms with E-state index in [-0.39, 0.29) is 5.91 Å². The number of ether oxygens (including phenoxy) is 3. The molecule has 1 amide bonds. The zero-order chi connectivity index (χ0) is 18.5. The summed E-state index contributed by atoms with van der Waals surface area (Å²) >= 11 is 1.62. The number of carbonyl (C=O) groups excluding carboxylic acids is 1. The Bertz CT molecular complexity index is 881. The Morgan fingerprint density at radius 1 is 0.923 bits per heavy atom. The summed E-state index contributed by atoms with van der Waals surface area (Å²) < 4.78 is 15.9. The summed E-state index contributed by atoms with van der Waals surface area (Å²) in [5.41, 5.74) is 2.14. The molecule has 0 fully saturated rings. The second kappa shape index (κ2) is 7.93. The van der Waals surface area contributed by atoms with E-state index in [9.17, 15) is 4.79 Å². The minimum absolute atomic E-state index is 0.256. The third kappa shape index (κ3) is 3.50. The summed E-state index contributed by atoms with van der Waals surface area (Å²) in [4.78, 5) is 13.9. The van der Waals surface area contributed by atoms with Gasteiger partial charge >= 0.3 is 0 Å². The fourth-order valence-corrected chi connectivity index (χ4v) is 3.41. The Kier molecular flexibility index (Phi) is 5.43. The second-order valence-corrected chi connectivity index (χ2v) is 6.34. The van der Waals surface area contributed by atoms with Crippen molar-refractivity contribution in [2.45, 2.75) is 0 Å². The molecular weight excluding hydrogens is 350 g/mol. The lowest BCUT2D eigenvalue weighted by atomic mass is 10.1. The zero-order valence-corrected chi connectivity index (χ0v) is 15.6. The highest BCUT2D eigenvalue weighted by Crippen LogP contribution is 2.38.